The number of nitrogens with zero attached hydrogens (tertiary/aromatic N) is 1. The van der Waals surface area contributed by atoms with Crippen LogP contribution in [-0.4, -0.2) is 76.0 Å². The highest BCUT2D eigenvalue weighted by atomic mass is 19.3. The number of halogens is 2. The summed E-state index contributed by atoms with van der Waals surface area (Å²) in [5, 5.41) is 12.3. The summed E-state index contributed by atoms with van der Waals surface area (Å²) in [6.45, 7) is 9.71. The number of carboxylic acids is 1. The average Bonchev–Trinajstić information content (AvgIpc) is 3.51. The third kappa shape index (κ3) is 9.44. The van der Waals surface area contributed by atoms with Crippen molar-refractivity contribution >= 4 is 35.3 Å². The number of fused-ring (bicyclic) bond motifs is 1. The summed E-state index contributed by atoms with van der Waals surface area (Å²) in [4.78, 5) is 80.3. The van der Waals surface area contributed by atoms with Crippen molar-refractivity contribution in [1.29, 1.82) is 0 Å². The minimum Gasteiger partial charge on any atom is -0.481 e. The van der Waals surface area contributed by atoms with Crippen molar-refractivity contribution in [3.8, 4) is 0 Å². The number of carbonyl (C=O) groups is 6. The lowest BCUT2D eigenvalue weighted by Gasteiger charge is -2.36. The Bertz CT molecular complexity index is 1330. The molecule has 1 aromatic carbocycles. The Morgan fingerprint density at radius 2 is 1.68 bits per heavy atom. The van der Waals surface area contributed by atoms with E-state index in [0.29, 0.717) is 12.0 Å². The van der Waals surface area contributed by atoms with Gasteiger partial charge in [-0.1, -0.05) is 64.4 Å². The Labute approximate surface area is 275 Å². The number of alkyl halides is 2. The molecule has 2 N–H and O–H groups in total. The molecule has 2 aliphatic rings. The quantitative estimate of drug-likeness (QED) is 0.242. The fourth-order valence-corrected chi connectivity index (χ4v) is 6.82. The number of hydrogen-bond donors (Lipinski definition) is 2. The lowest BCUT2D eigenvalue weighted by atomic mass is 9.82. The molecule has 12 heteroatoms. The number of alkyl carbamates (subject to hydrolysis) is 1. The Balaban J connectivity index is 1.86. The van der Waals surface area contributed by atoms with Crippen molar-refractivity contribution in [3.05, 3.63) is 35.9 Å². The van der Waals surface area contributed by atoms with Crippen molar-refractivity contribution in [2.75, 3.05) is 6.54 Å². The van der Waals surface area contributed by atoms with Gasteiger partial charge in [0.25, 0.3) is 5.92 Å². The third-order valence-corrected chi connectivity index (χ3v) is 9.17. The molecule has 2 fully saturated rings. The first-order valence-corrected chi connectivity index (χ1v) is 16.4. The molecule has 47 heavy (non-hydrogen) atoms. The van der Waals surface area contributed by atoms with E-state index < -0.39 is 114 Å². The fourth-order valence-electron chi connectivity index (χ4n) is 6.82. The van der Waals surface area contributed by atoms with E-state index in [1.165, 1.54) is 0 Å². The van der Waals surface area contributed by atoms with E-state index in [1.807, 2.05) is 0 Å². The normalized spacial score (nSPS) is 22.2. The van der Waals surface area contributed by atoms with Crippen molar-refractivity contribution in [1.82, 2.24) is 10.2 Å². The van der Waals surface area contributed by atoms with Gasteiger partial charge in [-0.3, -0.25) is 24.0 Å². The molecule has 3 rings (SSSR count). The highest BCUT2D eigenvalue weighted by molar-refractivity contribution is 6.38. The second-order valence-corrected chi connectivity index (χ2v) is 14.3. The van der Waals surface area contributed by atoms with Crippen LogP contribution in [0.1, 0.15) is 85.6 Å². The highest BCUT2D eigenvalue weighted by Crippen LogP contribution is 2.52. The Morgan fingerprint density at radius 1 is 1.04 bits per heavy atom. The maximum absolute atomic E-state index is 15.0. The third-order valence-electron chi connectivity index (χ3n) is 9.17. The molecule has 0 radical (unpaired) electrons. The molecule has 0 bridgehead atoms. The zero-order valence-corrected chi connectivity index (χ0v) is 28.1. The second kappa shape index (κ2) is 15.5. The van der Waals surface area contributed by atoms with Crippen LogP contribution in [0.5, 0.6) is 0 Å². The van der Waals surface area contributed by atoms with Crippen LogP contribution in [0.25, 0.3) is 0 Å². The summed E-state index contributed by atoms with van der Waals surface area (Å²) in [7, 11) is 0. The number of ether oxygens (including phenoxy) is 1. The molecule has 1 aliphatic carbocycles. The molecule has 10 nitrogen and oxygen atoms in total. The van der Waals surface area contributed by atoms with E-state index in [2.05, 4.69) is 5.32 Å². The Morgan fingerprint density at radius 3 is 2.23 bits per heavy atom. The molecule has 1 saturated carbocycles. The van der Waals surface area contributed by atoms with Crippen LogP contribution >= 0.6 is 0 Å². The van der Waals surface area contributed by atoms with Crippen LogP contribution in [-0.2, 0) is 35.1 Å². The van der Waals surface area contributed by atoms with Gasteiger partial charge in [-0.25, -0.2) is 13.6 Å². The van der Waals surface area contributed by atoms with Gasteiger partial charge in [-0.2, -0.15) is 0 Å². The smallest absolute Gasteiger partial charge is 0.408 e. The highest BCUT2D eigenvalue weighted by Gasteiger charge is 2.61. The number of aliphatic carboxylic acids is 1. The summed E-state index contributed by atoms with van der Waals surface area (Å²) in [5.74, 6) is -11.8. The van der Waals surface area contributed by atoms with E-state index in [-0.39, 0.29) is 19.3 Å². The van der Waals surface area contributed by atoms with Crippen LogP contribution in [0.15, 0.2) is 30.3 Å². The monoisotopic (exact) mass is 662 g/mol. The molecule has 0 spiro atoms. The number of hydrogen-bond acceptors (Lipinski definition) is 7. The molecule has 1 aliphatic heterocycles. The van der Waals surface area contributed by atoms with Crippen LogP contribution in [0.2, 0.25) is 0 Å². The van der Waals surface area contributed by atoms with Crippen LogP contribution in [0, 0.1) is 29.1 Å². The van der Waals surface area contributed by atoms with Gasteiger partial charge in [0.05, 0.1) is 18.1 Å². The summed E-state index contributed by atoms with van der Waals surface area (Å²) in [6.07, 6.45) is -2.19. The average molecular weight is 663 g/mol. The van der Waals surface area contributed by atoms with Crippen LogP contribution in [0.4, 0.5) is 13.6 Å². The first kappa shape index (κ1) is 37.8. The number of benzene rings is 1. The summed E-state index contributed by atoms with van der Waals surface area (Å²) in [5.41, 5.74) is -0.191. The van der Waals surface area contributed by atoms with Crippen LogP contribution in [0.3, 0.4) is 0 Å². The van der Waals surface area contributed by atoms with E-state index in [4.69, 9.17) is 4.74 Å². The number of rotatable bonds is 15. The number of amides is 2. The van der Waals surface area contributed by atoms with Crippen molar-refractivity contribution in [3.63, 3.8) is 0 Å². The molecule has 6 atom stereocenters. The molecular formula is C35H48F2N2O8. The standard InChI is InChI=1S/C35H48F2N2O8/c1-7-11-22(29(42)27(41)18-23(32(44)45)16-21-12-9-8-10-13-21)17-26(40)28-24-14-15-35(36,37)25(24)19-39(28)31(43)30(34(4,5)6)38-33(46)47-20(2)3/h8-10,12-13,20,22-25,28,30H,7,11,14-19H2,1-6H3,(H,38,46)(H,44,45)/t22?,23-,24-,25-,28-,30+/m0/s1. The van der Waals surface area contributed by atoms with Crippen molar-refractivity contribution < 1.29 is 47.4 Å². The van der Waals surface area contributed by atoms with E-state index >= 15 is 8.78 Å². The summed E-state index contributed by atoms with van der Waals surface area (Å²) in [6, 6.07) is 6.22. The number of ketones is 3. The van der Waals surface area contributed by atoms with Crippen molar-refractivity contribution in [2.24, 2.45) is 29.1 Å². The van der Waals surface area contributed by atoms with E-state index in [1.54, 1.807) is 71.9 Å². The minimum atomic E-state index is -3.11. The molecule has 1 heterocycles. The molecule has 2 amide bonds. The Hall–Kier alpha value is -3.70. The predicted molar refractivity (Wildman–Crippen MR) is 169 cm³/mol. The van der Waals surface area contributed by atoms with E-state index in [0.717, 1.165) is 4.90 Å². The molecule has 260 valence electrons. The first-order chi connectivity index (χ1) is 21.9. The van der Waals surface area contributed by atoms with Gasteiger partial charge in [-0.15, -0.1) is 0 Å². The fraction of sp³-hybridized carbons (Fsp3) is 0.657. The van der Waals surface area contributed by atoms with Gasteiger partial charge in [0.2, 0.25) is 11.7 Å². The predicted octanol–water partition coefficient (Wildman–Crippen LogP) is 5.26. The number of carboxylic acid groups (broad SMARTS) is 1. The topological polar surface area (TPSA) is 147 Å². The lowest BCUT2D eigenvalue weighted by Crippen LogP contribution is -2.57. The summed E-state index contributed by atoms with van der Waals surface area (Å²) < 4.78 is 35.2. The SMILES string of the molecule is CCCC(CC(=O)[C@@H]1[C@H]2CCC(F)(F)[C@H]2CN1C(=O)[C@@H](NC(=O)OC(C)C)C(C)(C)C)C(=O)C(=O)C[C@H](Cc1ccccc1)C(=O)O. The van der Waals surface area contributed by atoms with Gasteiger partial charge in [0.1, 0.15) is 6.04 Å². The van der Waals surface area contributed by atoms with Gasteiger partial charge >= 0.3 is 12.1 Å². The Kier molecular flexibility index (Phi) is 12.4. The van der Waals surface area contributed by atoms with Gasteiger partial charge in [-0.05, 0) is 50.0 Å². The molecule has 0 aromatic heterocycles. The van der Waals surface area contributed by atoms with Gasteiger partial charge in [0, 0.05) is 37.6 Å². The molecule has 1 unspecified atom stereocenters. The summed E-state index contributed by atoms with van der Waals surface area (Å²) >= 11 is 0. The number of carbonyl (C=O) groups excluding carboxylic acids is 5. The molecule has 1 saturated heterocycles. The minimum absolute atomic E-state index is 0.00798. The van der Waals surface area contributed by atoms with Crippen LogP contribution < -0.4 is 5.32 Å². The van der Waals surface area contributed by atoms with Gasteiger partial charge in [0.15, 0.2) is 11.6 Å². The van der Waals surface area contributed by atoms with Gasteiger partial charge < -0.3 is 20.1 Å². The maximum atomic E-state index is 15.0. The van der Waals surface area contributed by atoms with E-state index in [9.17, 15) is 33.9 Å². The van der Waals surface area contributed by atoms with Crippen molar-refractivity contribution in [2.45, 2.75) is 111 Å². The number of likely N-dealkylation sites (tertiary alicyclic amines) is 1. The number of nitrogens with one attached hydrogen (secondary N) is 1. The lowest BCUT2D eigenvalue weighted by molar-refractivity contribution is -0.146. The second-order valence-electron chi connectivity index (χ2n) is 14.3. The zero-order valence-electron chi connectivity index (χ0n) is 28.1. The molecule has 1 aromatic rings. The zero-order chi connectivity index (χ0) is 35.3. The maximum Gasteiger partial charge on any atom is 0.408 e. The first-order valence-electron chi connectivity index (χ1n) is 16.4. The number of Topliss-reactive ketones (excluding diaryl/α,β-unsaturated/α-hetero) is 3. The molecular weight excluding hydrogens is 614 g/mol. The largest absolute Gasteiger partial charge is 0.481 e.